The van der Waals surface area contributed by atoms with Gasteiger partial charge in [0, 0.05) is 26.1 Å². The van der Waals surface area contributed by atoms with Gasteiger partial charge in [0.2, 0.25) is 11.8 Å². The van der Waals surface area contributed by atoms with Crippen LogP contribution in [0.15, 0.2) is 42.5 Å². The van der Waals surface area contributed by atoms with Gasteiger partial charge in [0.1, 0.15) is 0 Å². The number of methoxy groups -OCH3 is 1. The lowest BCUT2D eigenvalue weighted by atomic mass is 9.89. The molecule has 0 bridgehead atoms. The average Bonchev–Trinajstić information content (AvgIpc) is 2.74. The Morgan fingerprint density at radius 3 is 2.54 bits per heavy atom. The van der Waals surface area contributed by atoms with E-state index in [2.05, 4.69) is 45.5 Å². The smallest absolute Gasteiger partial charge is 0.220 e. The number of amides is 1. The van der Waals surface area contributed by atoms with Crippen molar-refractivity contribution in [2.24, 2.45) is 5.92 Å². The minimum Gasteiger partial charge on any atom is -0.481 e. The van der Waals surface area contributed by atoms with Crippen molar-refractivity contribution in [3.05, 3.63) is 59.3 Å². The molecule has 2 heterocycles. The van der Waals surface area contributed by atoms with Crippen LogP contribution in [0.2, 0.25) is 0 Å². The first-order valence-corrected chi connectivity index (χ1v) is 10.2. The first kappa shape index (κ1) is 20.3. The molecular formula is C23H31N3O2. The molecule has 5 heteroatoms. The van der Waals surface area contributed by atoms with Crippen molar-refractivity contribution in [1.29, 1.82) is 0 Å². The Labute approximate surface area is 168 Å². The van der Waals surface area contributed by atoms with Crippen LogP contribution in [-0.4, -0.2) is 43.0 Å². The summed E-state index contributed by atoms with van der Waals surface area (Å²) in [6, 6.07) is 14.8. The number of nitrogens with zero attached hydrogens (tertiary/aromatic N) is 2. The molecule has 1 aromatic heterocycles. The normalized spacial score (nSPS) is 15.4. The van der Waals surface area contributed by atoms with Crippen molar-refractivity contribution in [3.8, 4) is 5.88 Å². The summed E-state index contributed by atoms with van der Waals surface area (Å²) < 4.78 is 5.22. The predicted octanol–water partition coefficient (Wildman–Crippen LogP) is 3.22. The Hall–Kier alpha value is -2.40. The van der Waals surface area contributed by atoms with E-state index < -0.39 is 0 Å². The molecule has 1 aromatic carbocycles. The van der Waals surface area contributed by atoms with Crippen LogP contribution < -0.4 is 10.1 Å². The number of piperidine rings is 1. The van der Waals surface area contributed by atoms with Gasteiger partial charge in [-0.25, -0.2) is 4.98 Å². The summed E-state index contributed by atoms with van der Waals surface area (Å²) >= 11 is 0. The molecule has 1 aliphatic rings. The van der Waals surface area contributed by atoms with E-state index in [4.69, 9.17) is 4.74 Å². The lowest BCUT2D eigenvalue weighted by Crippen LogP contribution is -2.34. The van der Waals surface area contributed by atoms with Crippen LogP contribution in [0, 0.1) is 5.92 Å². The lowest BCUT2D eigenvalue weighted by Gasteiger charge is -2.31. The molecule has 0 spiro atoms. The summed E-state index contributed by atoms with van der Waals surface area (Å²) in [5, 5.41) is 2.67. The van der Waals surface area contributed by atoms with Gasteiger partial charge in [-0.3, -0.25) is 9.69 Å². The fourth-order valence-electron chi connectivity index (χ4n) is 3.80. The van der Waals surface area contributed by atoms with E-state index in [9.17, 15) is 4.79 Å². The zero-order valence-corrected chi connectivity index (χ0v) is 17.0. The number of aromatic nitrogens is 1. The number of nitrogens with one attached hydrogen (secondary N) is 1. The number of hydrogen-bond donors (Lipinski definition) is 1. The van der Waals surface area contributed by atoms with Crippen LogP contribution in [0.1, 0.15) is 36.1 Å². The fraction of sp³-hybridized carbons (Fsp3) is 0.478. The van der Waals surface area contributed by atoms with Gasteiger partial charge >= 0.3 is 0 Å². The van der Waals surface area contributed by atoms with Crippen molar-refractivity contribution >= 4 is 5.91 Å². The topological polar surface area (TPSA) is 54.5 Å². The van der Waals surface area contributed by atoms with Crippen LogP contribution in [0.25, 0.3) is 0 Å². The second-order valence-corrected chi connectivity index (χ2v) is 7.58. The van der Waals surface area contributed by atoms with E-state index in [1.54, 1.807) is 14.2 Å². The molecule has 1 saturated heterocycles. The summed E-state index contributed by atoms with van der Waals surface area (Å²) in [7, 11) is 3.34. The zero-order chi connectivity index (χ0) is 19.8. The second-order valence-electron chi connectivity index (χ2n) is 7.58. The highest BCUT2D eigenvalue weighted by Crippen LogP contribution is 2.23. The summed E-state index contributed by atoms with van der Waals surface area (Å²) in [5.74, 6) is 1.53. The second kappa shape index (κ2) is 10.2. The van der Waals surface area contributed by atoms with Crippen LogP contribution in [0.3, 0.4) is 0 Å². The Morgan fingerprint density at radius 2 is 1.86 bits per heavy atom. The third-order valence-electron chi connectivity index (χ3n) is 5.55. The number of hydrogen-bond acceptors (Lipinski definition) is 4. The quantitative estimate of drug-likeness (QED) is 0.763. The first-order valence-electron chi connectivity index (χ1n) is 10.2. The highest BCUT2D eigenvalue weighted by Gasteiger charge is 2.20. The minimum absolute atomic E-state index is 0.0972. The first-order chi connectivity index (χ1) is 13.7. The summed E-state index contributed by atoms with van der Waals surface area (Å²) in [6.07, 6.45) is 4.94. The summed E-state index contributed by atoms with van der Waals surface area (Å²) in [6.45, 7) is 3.13. The fourth-order valence-corrected chi connectivity index (χ4v) is 3.80. The van der Waals surface area contributed by atoms with E-state index in [1.165, 1.54) is 24.0 Å². The molecule has 5 nitrogen and oxygen atoms in total. The lowest BCUT2D eigenvalue weighted by molar-refractivity contribution is -0.120. The SMILES string of the molecule is CNC(=O)CCc1ccc(CC2CCN(Cc3cccc(OC)n3)CC2)cc1. The largest absolute Gasteiger partial charge is 0.481 e. The van der Waals surface area contributed by atoms with Gasteiger partial charge in [-0.2, -0.15) is 0 Å². The average molecular weight is 382 g/mol. The van der Waals surface area contributed by atoms with Crippen LogP contribution >= 0.6 is 0 Å². The van der Waals surface area contributed by atoms with E-state index in [1.807, 2.05) is 12.1 Å². The predicted molar refractivity (Wildman–Crippen MR) is 111 cm³/mol. The molecule has 3 rings (SSSR count). The number of ether oxygens (including phenoxy) is 1. The third kappa shape index (κ3) is 6.06. The molecule has 1 amide bonds. The number of aryl methyl sites for hydroxylation is 1. The van der Waals surface area contributed by atoms with Crippen molar-refractivity contribution in [2.45, 2.75) is 38.6 Å². The highest BCUT2D eigenvalue weighted by molar-refractivity contribution is 5.75. The molecule has 0 unspecified atom stereocenters. The number of carbonyl (C=O) groups excluding carboxylic acids is 1. The van der Waals surface area contributed by atoms with Gasteiger partial charge in [-0.15, -0.1) is 0 Å². The van der Waals surface area contributed by atoms with Crippen LogP contribution in [0.4, 0.5) is 0 Å². The Balaban J connectivity index is 1.43. The monoisotopic (exact) mass is 381 g/mol. The number of rotatable bonds is 8. The molecule has 0 saturated carbocycles. The van der Waals surface area contributed by atoms with E-state index in [-0.39, 0.29) is 5.91 Å². The van der Waals surface area contributed by atoms with E-state index >= 15 is 0 Å². The van der Waals surface area contributed by atoms with E-state index in [0.29, 0.717) is 12.3 Å². The molecular weight excluding hydrogens is 350 g/mol. The Bertz CT molecular complexity index is 753. The minimum atomic E-state index is 0.0972. The molecule has 0 atom stereocenters. The maximum atomic E-state index is 11.4. The van der Waals surface area contributed by atoms with Crippen LogP contribution in [-0.2, 0) is 24.2 Å². The van der Waals surface area contributed by atoms with Crippen LogP contribution in [0.5, 0.6) is 5.88 Å². The van der Waals surface area contributed by atoms with Gasteiger partial charge in [0.25, 0.3) is 0 Å². The Kier molecular flexibility index (Phi) is 7.43. The number of carbonyl (C=O) groups is 1. The number of pyridine rings is 1. The molecule has 0 aliphatic carbocycles. The van der Waals surface area contributed by atoms with Crippen molar-refractivity contribution in [1.82, 2.24) is 15.2 Å². The van der Waals surface area contributed by atoms with Gasteiger partial charge < -0.3 is 10.1 Å². The maximum absolute atomic E-state index is 11.4. The summed E-state index contributed by atoms with van der Waals surface area (Å²) in [5.41, 5.74) is 3.70. The zero-order valence-electron chi connectivity index (χ0n) is 17.0. The molecule has 2 aromatic rings. The molecule has 150 valence electrons. The van der Waals surface area contributed by atoms with Gasteiger partial charge in [-0.05, 0) is 61.9 Å². The van der Waals surface area contributed by atoms with Crippen molar-refractivity contribution < 1.29 is 9.53 Å². The van der Waals surface area contributed by atoms with Crippen molar-refractivity contribution in [2.75, 3.05) is 27.2 Å². The molecule has 1 aliphatic heterocycles. The Morgan fingerprint density at radius 1 is 1.14 bits per heavy atom. The molecule has 1 fully saturated rings. The highest BCUT2D eigenvalue weighted by atomic mass is 16.5. The van der Waals surface area contributed by atoms with Gasteiger partial charge in [-0.1, -0.05) is 30.3 Å². The summed E-state index contributed by atoms with van der Waals surface area (Å²) in [4.78, 5) is 18.4. The van der Waals surface area contributed by atoms with Crippen molar-refractivity contribution in [3.63, 3.8) is 0 Å². The standard InChI is InChI=1S/C23H31N3O2/c1-24-22(27)11-10-18-6-8-19(9-7-18)16-20-12-14-26(15-13-20)17-21-4-3-5-23(25-21)28-2/h3-9,20H,10-17H2,1-2H3,(H,24,27). The number of benzene rings is 1. The third-order valence-corrected chi connectivity index (χ3v) is 5.55. The molecule has 1 N–H and O–H groups in total. The molecule has 0 radical (unpaired) electrons. The van der Waals surface area contributed by atoms with Gasteiger partial charge in [0.15, 0.2) is 0 Å². The number of likely N-dealkylation sites (tertiary alicyclic amines) is 1. The molecule has 28 heavy (non-hydrogen) atoms. The van der Waals surface area contributed by atoms with Gasteiger partial charge in [0.05, 0.1) is 12.8 Å². The maximum Gasteiger partial charge on any atom is 0.220 e. The van der Waals surface area contributed by atoms with E-state index in [0.717, 1.165) is 44.1 Å².